The number of carbonyl (C=O) groups excluding carboxylic acids is 1. The molecule has 0 radical (unpaired) electrons. The van der Waals surface area contributed by atoms with Crippen LogP contribution in [-0.4, -0.2) is 83.7 Å². The summed E-state index contributed by atoms with van der Waals surface area (Å²) in [5.74, 6) is -0.737. The summed E-state index contributed by atoms with van der Waals surface area (Å²) in [6.45, 7) is 12.5. The Morgan fingerprint density at radius 3 is 2.17 bits per heavy atom. The minimum absolute atomic E-state index is 0.112. The van der Waals surface area contributed by atoms with Crippen molar-refractivity contribution < 1.29 is 14.7 Å². The highest BCUT2D eigenvalue weighted by Gasteiger charge is 2.34. The van der Waals surface area contributed by atoms with Crippen LogP contribution < -0.4 is 10.6 Å². The minimum Gasteiger partial charge on any atom is -0.480 e. The summed E-state index contributed by atoms with van der Waals surface area (Å²) >= 11 is 0. The first-order valence-corrected chi connectivity index (χ1v) is 12.9. The number of nitrogens with zero attached hydrogens (tertiary/aromatic N) is 3. The molecule has 8 nitrogen and oxygen atoms in total. The van der Waals surface area contributed by atoms with Gasteiger partial charge in [0.2, 0.25) is 0 Å². The topological polar surface area (TPSA) is 88.2 Å². The monoisotopic (exact) mass is 493 g/mol. The second-order valence-corrected chi connectivity index (χ2v) is 10.5. The van der Waals surface area contributed by atoms with Gasteiger partial charge >= 0.3 is 12.0 Å². The molecule has 0 aromatic heterocycles. The van der Waals surface area contributed by atoms with Gasteiger partial charge in [0.25, 0.3) is 0 Å². The summed E-state index contributed by atoms with van der Waals surface area (Å²) in [6.07, 6.45) is 2.09. The number of benzene rings is 2. The predicted molar refractivity (Wildman–Crippen MR) is 144 cm³/mol. The van der Waals surface area contributed by atoms with Crippen LogP contribution in [0, 0.1) is 6.92 Å². The Balaban J connectivity index is 1.27. The van der Waals surface area contributed by atoms with Crippen molar-refractivity contribution in [2.24, 2.45) is 0 Å². The highest BCUT2D eigenvalue weighted by atomic mass is 16.4. The number of hydrogen-bond donors (Lipinski definition) is 3. The molecule has 2 amide bonds. The SMILES string of the molecule is Cc1ccccc1NC(=O)Nc1ccc(C(C)(C)N2CCN(C3CCN(CC(=O)O)CC3)CC2)cc1. The van der Waals surface area contributed by atoms with Gasteiger partial charge < -0.3 is 15.7 Å². The second-order valence-electron chi connectivity index (χ2n) is 10.5. The van der Waals surface area contributed by atoms with Crippen molar-refractivity contribution >= 4 is 23.4 Å². The Labute approximate surface area is 214 Å². The molecular weight excluding hydrogens is 454 g/mol. The Morgan fingerprint density at radius 1 is 0.917 bits per heavy atom. The number of carbonyl (C=O) groups is 2. The van der Waals surface area contributed by atoms with Gasteiger partial charge in [-0.05, 0) is 62.9 Å². The molecule has 0 spiro atoms. The number of urea groups is 1. The van der Waals surface area contributed by atoms with Crippen molar-refractivity contribution in [3.05, 3.63) is 59.7 Å². The largest absolute Gasteiger partial charge is 0.480 e. The van der Waals surface area contributed by atoms with Gasteiger partial charge in [0.1, 0.15) is 0 Å². The van der Waals surface area contributed by atoms with E-state index in [1.54, 1.807) is 0 Å². The fourth-order valence-electron chi connectivity index (χ4n) is 5.42. The third-order valence-corrected chi connectivity index (χ3v) is 7.78. The molecule has 2 fully saturated rings. The number of nitrogens with one attached hydrogen (secondary N) is 2. The second kappa shape index (κ2) is 11.4. The van der Waals surface area contributed by atoms with Crippen LogP contribution in [0.15, 0.2) is 48.5 Å². The number of likely N-dealkylation sites (tertiary alicyclic amines) is 1. The molecule has 2 aliphatic heterocycles. The summed E-state index contributed by atoms with van der Waals surface area (Å²) in [4.78, 5) is 30.6. The molecule has 2 heterocycles. The number of aryl methyl sites for hydroxylation is 1. The number of anilines is 2. The highest BCUT2D eigenvalue weighted by Crippen LogP contribution is 2.31. The minimum atomic E-state index is -0.737. The van der Waals surface area contributed by atoms with Crippen LogP contribution >= 0.6 is 0 Å². The van der Waals surface area contributed by atoms with E-state index < -0.39 is 5.97 Å². The zero-order valence-electron chi connectivity index (χ0n) is 21.7. The maximum absolute atomic E-state index is 12.4. The number of rotatable bonds is 7. The molecule has 0 aliphatic carbocycles. The molecule has 194 valence electrons. The lowest BCUT2D eigenvalue weighted by molar-refractivity contribution is -0.138. The van der Waals surface area contributed by atoms with E-state index in [1.165, 1.54) is 5.56 Å². The van der Waals surface area contributed by atoms with Crippen LogP contribution in [0.25, 0.3) is 0 Å². The van der Waals surface area contributed by atoms with E-state index in [0.717, 1.165) is 69.0 Å². The third-order valence-electron chi connectivity index (χ3n) is 7.78. The van der Waals surface area contributed by atoms with Gasteiger partial charge in [0, 0.05) is 62.2 Å². The quantitative estimate of drug-likeness (QED) is 0.540. The number of carboxylic acid groups (broad SMARTS) is 1. The summed E-state index contributed by atoms with van der Waals surface area (Å²) in [5, 5.41) is 14.8. The first-order valence-electron chi connectivity index (χ1n) is 12.9. The van der Waals surface area contributed by atoms with E-state index in [2.05, 4.69) is 46.4 Å². The van der Waals surface area contributed by atoms with Gasteiger partial charge in [-0.3, -0.25) is 19.5 Å². The average molecular weight is 494 g/mol. The van der Waals surface area contributed by atoms with Crippen LogP contribution in [0.5, 0.6) is 0 Å². The third kappa shape index (κ3) is 6.43. The fraction of sp³-hybridized carbons (Fsp3) is 0.500. The lowest BCUT2D eigenvalue weighted by atomic mass is 9.91. The van der Waals surface area contributed by atoms with Crippen molar-refractivity contribution in [3.8, 4) is 0 Å². The lowest BCUT2D eigenvalue weighted by Crippen LogP contribution is -2.57. The summed E-state index contributed by atoms with van der Waals surface area (Å²) in [7, 11) is 0. The number of amides is 2. The molecule has 2 aliphatic rings. The molecule has 0 bridgehead atoms. The predicted octanol–water partition coefficient (Wildman–Crippen LogP) is 4.04. The highest BCUT2D eigenvalue weighted by molar-refractivity contribution is 6.00. The van der Waals surface area contributed by atoms with Crippen LogP contribution in [0.4, 0.5) is 16.2 Å². The van der Waals surface area contributed by atoms with E-state index in [1.807, 2.05) is 48.2 Å². The Kier molecular flexibility index (Phi) is 8.28. The van der Waals surface area contributed by atoms with Crippen LogP contribution in [-0.2, 0) is 10.3 Å². The van der Waals surface area contributed by atoms with Crippen LogP contribution in [0.1, 0.15) is 37.8 Å². The van der Waals surface area contributed by atoms with Gasteiger partial charge in [0.15, 0.2) is 0 Å². The van der Waals surface area contributed by atoms with Crippen molar-refractivity contribution in [2.75, 3.05) is 56.4 Å². The zero-order chi connectivity index (χ0) is 25.7. The van der Waals surface area contributed by atoms with Crippen molar-refractivity contribution in [1.82, 2.24) is 14.7 Å². The van der Waals surface area contributed by atoms with Gasteiger partial charge in [-0.1, -0.05) is 30.3 Å². The maximum Gasteiger partial charge on any atom is 0.323 e. The molecule has 0 saturated carbocycles. The number of aliphatic carboxylic acids is 1. The first kappa shape index (κ1) is 26.1. The molecule has 2 saturated heterocycles. The van der Waals surface area contributed by atoms with Gasteiger partial charge in [-0.25, -0.2) is 4.79 Å². The molecule has 2 aromatic rings. The van der Waals surface area contributed by atoms with E-state index >= 15 is 0 Å². The Hall–Kier alpha value is -2.94. The summed E-state index contributed by atoms with van der Waals surface area (Å²) < 4.78 is 0. The van der Waals surface area contributed by atoms with Gasteiger partial charge in [0.05, 0.1) is 6.54 Å². The van der Waals surface area contributed by atoms with Crippen LogP contribution in [0.2, 0.25) is 0 Å². The molecule has 36 heavy (non-hydrogen) atoms. The standard InChI is InChI=1S/C28H39N5O3/c1-21-6-4-5-7-25(21)30-27(36)29-23-10-8-22(9-11-23)28(2,3)33-18-16-32(17-19-33)24-12-14-31(15-13-24)20-26(34)35/h4-11,24H,12-20H2,1-3H3,(H,34,35)(H2,29,30,36). The van der Waals surface area contributed by atoms with Gasteiger partial charge in [-0.15, -0.1) is 0 Å². The molecule has 3 N–H and O–H groups in total. The first-order chi connectivity index (χ1) is 17.2. The molecule has 0 unspecified atom stereocenters. The van der Waals surface area contributed by atoms with Crippen LogP contribution in [0.3, 0.4) is 0 Å². The Bertz CT molecular complexity index is 1040. The van der Waals surface area contributed by atoms with Gasteiger partial charge in [-0.2, -0.15) is 0 Å². The molecular formula is C28H39N5O3. The number of carboxylic acids is 1. The van der Waals surface area contributed by atoms with E-state index in [0.29, 0.717) is 6.04 Å². The zero-order valence-corrected chi connectivity index (χ0v) is 21.7. The van der Waals surface area contributed by atoms with E-state index in [4.69, 9.17) is 5.11 Å². The van der Waals surface area contributed by atoms with Crippen molar-refractivity contribution in [3.63, 3.8) is 0 Å². The number of hydrogen-bond acceptors (Lipinski definition) is 5. The fourth-order valence-corrected chi connectivity index (χ4v) is 5.42. The maximum atomic E-state index is 12.4. The summed E-state index contributed by atoms with van der Waals surface area (Å²) in [6, 6.07) is 16.2. The summed E-state index contributed by atoms with van der Waals surface area (Å²) in [5.41, 5.74) is 3.70. The van der Waals surface area contributed by atoms with E-state index in [9.17, 15) is 9.59 Å². The normalized spacial score (nSPS) is 18.6. The number of piperazine rings is 1. The number of para-hydroxylation sites is 1. The van der Waals surface area contributed by atoms with Crippen molar-refractivity contribution in [1.29, 1.82) is 0 Å². The number of piperidine rings is 1. The van der Waals surface area contributed by atoms with Crippen molar-refractivity contribution in [2.45, 2.75) is 45.2 Å². The smallest absolute Gasteiger partial charge is 0.323 e. The lowest BCUT2D eigenvalue weighted by Gasteiger charge is -2.47. The molecule has 2 aromatic carbocycles. The molecule has 8 heteroatoms. The molecule has 4 rings (SSSR count). The average Bonchev–Trinajstić information content (AvgIpc) is 2.86. The molecule has 0 atom stereocenters. The van der Waals surface area contributed by atoms with E-state index in [-0.39, 0.29) is 18.1 Å². The Morgan fingerprint density at radius 2 is 1.56 bits per heavy atom.